The topological polar surface area (TPSA) is 19.4 Å². The summed E-state index contributed by atoms with van der Waals surface area (Å²) < 4.78 is 3.80. The number of hydrogen-bond acceptors (Lipinski definition) is 5. The Bertz CT molecular complexity index is 3170. The van der Waals surface area contributed by atoms with Crippen LogP contribution in [0.15, 0.2) is 200 Å². The highest BCUT2D eigenvalue weighted by molar-refractivity contribution is 7.25. The van der Waals surface area contributed by atoms with Gasteiger partial charge in [0.2, 0.25) is 0 Å². The van der Waals surface area contributed by atoms with E-state index in [0.717, 1.165) is 55.6 Å². The Kier molecular flexibility index (Phi) is 7.87. The average Bonchev–Trinajstić information content (AvgIpc) is 3.88. The zero-order valence-electron chi connectivity index (χ0n) is 30.2. The minimum absolute atomic E-state index is 1.01. The van der Waals surface area contributed by atoms with Crippen molar-refractivity contribution in [1.82, 2.24) is 4.98 Å². The van der Waals surface area contributed by atoms with Crippen molar-refractivity contribution < 1.29 is 0 Å². The highest BCUT2D eigenvalue weighted by Gasteiger charge is 2.20. The van der Waals surface area contributed by atoms with Gasteiger partial charge in [-0.2, -0.15) is 0 Å². The van der Waals surface area contributed by atoms with E-state index in [0.29, 0.717) is 0 Å². The summed E-state index contributed by atoms with van der Waals surface area (Å²) in [5.74, 6) is 0. The molecule has 0 spiro atoms. The minimum Gasteiger partial charge on any atom is -0.310 e. The van der Waals surface area contributed by atoms with Gasteiger partial charge in [0.05, 0.1) is 10.2 Å². The summed E-state index contributed by atoms with van der Waals surface area (Å²) in [6.45, 7) is 0. The Morgan fingerprint density at radius 3 is 1.54 bits per heavy atom. The van der Waals surface area contributed by atoms with Gasteiger partial charge in [-0.05, 0) is 89.6 Å². The number of benzene rings is 9. The molecule has 3 nitrogen and oxygen atoms in total. The Labute approximate surface area is 332 Å². The summed E-state index contributed by atoms with van der Waals surface area (Å²) in [6.07, 6.45) is 0. The summed E-state index contributed by atoms with van der Waals surface area (Å²) in [6, 6.07) is 71.9. The van der Waals surface area contributed by atoms with Crippen LogP contribution in [0.1, 0.15) is 0 Å². The minimum atomic E-state index is 1.01. The second-order valence-corrected chi connectivity index (χ2v) is 16.1. The molecule has 2 heterocycles. The van der Waals surface area contributed by atoms with Gasteiger partial charge >= 0.3 is 0 Å². The number of thiophene rings is 1. The molecule has 0 unspecified atom stereocenters. The first-order chi connectivity index (χ1) is 27.8. The summed E-state index contributed by atoms with van der Waals surface area (Å²) in [5.41, 5.74) is 8.82. The van der Waals surface area contributed by atoms with Crippen molar-refractivity contribution in [2.45, 2.75) is 0 Å². The molecule has 0 radical (unpaired) electrons. The molecule has 0 aliphatic carbocycles. The molecular formula is C51H33N3S2. The molecule has 0 atom stereocenters. The van der Waals surface area contributed by atoms with E-state index < -0.39 is 0 Å². The first-order valence-corrected chi connectivity index (χ1v) is 20.4. The van der Waals surface area contributed by atoms with Crippen molar-refractivity contribution in [3.8, 4) is 10.6 Å². The molecule has 0 amide bonds. The number of aromatic nitrogens is 1. The number of anilines is 6. The molecule has 0 saturated heterocycles. The molecule has 5 heteroatoms. The van der Waals surface area contributed by atoms with Gasteiger partial charge in [-0.3, -0.25) is 0 Å². The fourth-order valence-electron chi connectivity index (χ4n) is 8.08. The van der Waals surface area contributed by atoms with Gasteiger partial charge in [-0.15, -0.1) is 22.7 Å². The quantitative estimate of drug-likeness (QED) is 0.151. The third-order valence-corrected chi connectivity index (χ3v) is 12.9. The maximum atomic E-state index is 5.45. The van der Waals surface area contributed by atoms with Crippen molar-refractivity contribution in [1.29, 1.82) is 0 Å². The second kappa shape index (κ2) is 13.5. The maximum Gasteiger partial charge on any atom is 0.124 e. The maximum absolute atomic E-state index is 5.45. The molecule has 0 fully saturated rings. The van der Waals surface area contributed by atoms with Crippen molar-refractivity contribution in [3.05, 3.63) is 200 Å². The standard InChI is InChI=1S/C51H33N3S2/c1-4-16-35(17-5-1)53(36-18-6-2-7-19-36)39-28-30-44-46(32-39)41-23-10-11-25-45(41)50-49(44)52-51(56-50)34-15-14-22-38(31-34)54(37-20-8-3-9-21-37)40-27-29-43-42-24-12-13-26-47(42)55-48(43)33-40/h1-33H. The highest BCUT2D eigenvalue weighted by Crippen LogP contribution is 2.45. The zero-order valence-corrected chi connectivity index (χ0v) is 31.8. The molecule has 2 aromatic heterocycles. The van der Waals surface area contributed by atoms with Gasteiger partial charge < -0.3 is 9.80 Å². The Balaban J connectivity index is 1.06. The fourth-order valence-corrected chi connectivity index (χ4v) is 10.3. The van der Waals surface area contributed by atoms with Crippen LogP contribution in [0.3, 0.4) is 0 Å². The number of nitrogens with zero attached hydrogens (tertiary/aromatic N) is 3. The van der Waals surface area contributed by atoms with E-state index in [1.54, 1.807) is 11.3 Å². The predicted molar refractivity (Wildman–Crippen MR) is 242 cm³/mol. The number of thiazole rings is 1. The van der Waals surface area contributed by atoms with Gasteiger partial charge in [-0.1, -0.05) is 121 Å². The van der Waals surface area contributed by atoms with E-state index in [2.05, 4.69) is 210 Å². The number of fused-ring (bicyclic) bond motifs is 9. The first kappa shape index (κ1) is 32.6. The summed E-state index contributed by atoms with van der Waals surface area (Å²) in [7, 11) is 0. The molecule has 0 aliphatic heterocycles. The van der Waals surface area contributed by atoms with E-state index >= 15 is 0 Å². The van der Waals surface area contributed by atoms with Gasteiger partial charge in [0.25, 0.3) is 0 Å². The highest BCUT2D eigenvalue weighted by atomic mass is 32.1. The van der Waals surface area contributed by atoms with E-state index in [4.69, 9.17) is 4.98 Å². The van der Waals surface area contributed by atoms with Crippen molar-refractivity contribution in [3.63, 3.8) is 0 Å². The molecule has 11 aromatic rings. The lowest BCUT2D eigenvalue weighted by molar-refractivity contribution is 1.29. The van der Waals surface area contributed by atoms with Crippen molar-refractivity contribution in [2.24, 2.45) is 0 Å². The van der Waals surface area contributed by atoms with Gasteiger partial charge in [0, 0.05) is 70.6 Å². The van der Waals surface area contributed by atoms with Crippen LogP contribution in [0.2, 0.25) is 0 Å². The van der Waals surface area contributed by atoms with Crippen LogP contribution < -0.4 is 9.80 Å². The summed E-state index contributed by atoms with van der Waals surface area (Å²) >= 11 is 3.63. The fraction of sp³-hybridized carbons (Fsp3) is 0. The van der Waals surface area contributed by atoms with Crippen LogP contribution >= 0.6 is 22.7 Å². The predicted octanol–water partition coefficient (Wildman–Crippen LogP) is 15.6. The molecule has 0 N–H and O–H groups in total. The molecule has 11 rings (SSSR count). The molecule has 56 heavy (non-hydrogen) atoms. The number of hydrogen-bond donors (Lipinski definition) is 0. The van der Waals surface area contributed by atoms with Gasteiger partial charge in [0.15, 0.2) is 0 Å². The van der Waals surface area contributed by atoms with E-state index in [1.165, 1.54) is 41.0 Å². The smallest absolute Gasteiger partial charge is 0.124 e. The van der Waals surface area contributed by atoms with Crippen LogP contribution in [0.4, 0.5) is 34.1 Å². The first-order valence-electron chi connectivity index (χ1n) is 18.8. The lowest BCUT2D eigenvalue weighted by atomic mass is 9.99. The summed E-state index contributed by atoms with van der Waals surface area (Å²) in [5, 5.41) is 8.42. The molecule has 0 bridgehead atoms. The van der Waals surface area contributed by atoms with Crippen LogP contribution in [0.25, 0.3) is 62.5 Å². The zero-order chi connectivity index (χ0) is 37.0. The molecule has 0 aliphatic rings. The van der Waals surface area contributed by atoms with E-state index in [-0.39, 0.29) is 0 Å². The average molecular weight is 752 g/mol. The van der Waals surface area contributed by atoms with Crippen molar-refractivity contribution >= 4 is 109 Å². The van der Waals surface area contributed by atoms with Crippen LogP contribution in [0.5, 0.6) is 0 Å². The van der Waals surface area contributed by atoms with Crippen LogP contribution in [-0.2, 0) is 0 Å². The monoisotopic (exact) mass is 751 g/mol. The Morgan fingerprint density at radius 1 is 0.321 bits per heavy atom. The molecule has 264 valence electrons. The number of para-hydroxylation sites is 3. The van der Waals surface area contributed by atoms with Crippen LogP contribution in [-0.4, -0.2) is 4.98 Å². The third kappa shape index (κ3) is 5.51. The molecule has 0 saturated carbocycles. The van der Waals surface area contributed by atoms with E-state index in [9.17, 15) is 0 Å². The SMILES string of the molecule is c1ccc(N(c2cccc(-c3nc4c5ccc(N(c6ccccc6)c6ccccc6)cc5c5ccccc5c4s3)c2)c2ccc3c(c2)sc2ccccc23)cc1. The molecule has 9 aromatic carbocycles. The number of rotatable bonds is 7. The normalized spacial score (nSPS) is 11.6. The summed E-state index contributed by atoms with van der Waals surface area (Å²) in [4.78, 5) is 10.1. The van der Waals surface area contributed by atoms with Gasteiger partial charge in [0.1, 0.15) is 5.01 Å². The lowest BCUT2D eigenvalue weighted by Crippen LogP contribution is -2.09. The largest absolute Gasteiger partial charge is 0.310 e. The van der Waals surface area contributed by atoms with Gasteiger partial charge in [-0.25, -0.2) is 4.98 Å². The van der Waals surface area contributed by atoms with Crippen molar-refractivity contribution in [2.75, 3.05) is 9.80 Å². The molecular weight excluding hydrogens is 719 g/mol. The Morgan fingerprint density at radius 2 is 0.839 bits per heavy atom. The third-order valence-electron chi connectivity index (χ3n) is 10.6. The van der Waals surface area contributed by atoms with Crippen LogP contribution in [0, 0.1) is 0 Å². The van der Waals surface area contributed by atoms with E-state index in [1.807, 2.05) is 11.3 Å². The Hall–Kier alpha value is -6.79. The second-order valence-electron chi connectivity index (χ2n) is 14.0. The lowest BCUT2D eigenvalue weighted by Gasteiger charge is -2.26.